The largest absolute Gasteiger partial charge is 0.326 e. The number of nitrogens with two attached hydrogens (primary N) is 1. The van der Waals surface area contributed by atoms with Crippen LogP contribution >= 0.6 is 11.6 Å². The van der Waals surface area contributed by atoms with Gasteiger partial charge >= 0.3 is 0 Å². The lowest BCUT2D eigenvalue weighted by Gasteiger charge is -2.43. The molecule has 0 aromatic heterocycles. The third-order valence-electron chi connectivity index (χ3n) is 4.36. The first-order valence-electron chi connectivity index (χ1n) is 7.90. The number of hydrogen-bond donors (Lipinski definition) is 1. The Morgan fingerprint density at radius 2 is 2.00 bits per heavy atom. The van der Waals surface area contributed by atoms with Crippen LogP contribution < -0.4 is 5.73 Å². The maximum absolute atomic E-state index is 6.32. The summed E-state index contributed by atoms with van der Waals surface area (Å²) in [6, 6.07) is 9.34. The van der Waals surface area contributed by atoms with Crippen molar-refractivity contribution in [3.8, 4) is 0 Å². The fourth-order valence-corrected chi connectivity index (χ4v) is 3.62. The van der Waals surface area contributed by atoms with Gasteiger partial charge in [0.1, 0.15) is 0 Å². The summed E-state index contributed by atoms with van der Waals surface area (Å²) in [6.45, 7) is 5.56. The average Bonchev–Trinajstić information content (AvgIpc) is 2.43. The van der Waals surface area contributed by atoms with E-state index in [1.165, 1.54) is 44.2 Å². The molecule has 0 saturated carbocycles. The van der Waals surface area contributed by atoms with Crippen molar-refractivity contribution in [2.24, 2.45) is 5.73 Å². The SMILES string of the molecule is CCCC1CCCCN1C(c1ccc(Cl)cc1)C(C)N. The number of benzene rings is 1. The molecule has 1 aromatic rings. The third-order valence-corrected chi connectivity index (χ3v) is 4.61. The molecule has 1 fully saturated rings. The van der Waals surface area contributed by atoms with Gasteiger partial charge in [-0.1, -0.05) is 43.5 Å². The van der Waals surface area contributed by atoms with Gasteiger partial charge in [0.15, 0.2) is 0 Å². The minimum absolute atomic E-state index is 0.133. The number of hydrogen-bond acceptors (Lipinski definition) is 2. The van der Waals surface area contributed by atoms with E-state index in [1.807, 2.05) is 12.1 Å². The van der Waals surface area contributed by atoms with Crippen LogP contribution in [0.4, 0.5) is 0 Å². The first-order chi connectivity index (χ1) is 9.63. The molecule has 1 aromatic carbocycles. The van der Waals surface area contributed by atoms with Gasteiger partial charge in [-0.2, -0.15) is 0 Å². The van der Waals surface area contributed by atoms with Crippen LogP contribution in [-0.4, -0.2) is 23.5 Å². The molecule has 2 N–H and O–H groups in total. The van der Waals surface area contributed by atoms with E-state index in [9.17, 15) is 0 Å². The molecule has 0 radical (unpaired) electrons. The first kappa shape index (κ1) is 15.8. The second-order valence-corrected chi connectivity index (χ2v) is 6.47. The van der Waals surface area contributed by atoms with Crippen molar-refractivity contribution in [1.29, 1.82) is 0 Å². The smallest absolute Gasteiger partial charge is 0.0499 e. The molecule has 112 valence electrons. The molecule has 2 nitrogen and oxygen atoms in total. The van der Waals surface area contributed by atoms with Crippen molar-refractivity contribution in [2.75, 3.05) is 6.54 Å². The van der Waals surface area contributed by atoms with E-state index in [0.29, 0.717) is 12.1 Å². The van der Waals surface area contributed by atoms with Crippen molar-refractivity contribution in [3.63, 3.8) is 0 Å². The normalized spacial score (nSPS) is 23.5. The topological polar surface area (TPSA) is 29.3 Å². The Kier molecular flexibility index (Phi) is 5.88. The molecule has 20 heavy (non-hydrogen) atoms. The standard InChI is InChI=1S/C17H27ClN2/c1-3-6-16-7-4-5-12-20(16)17(13(2)19)14-8-10-15(18)11-9-14/h8-11,13,16-17H,3-7,12,19H2,1-2H3. The number of rotatable bonds is 5. The molecule has 0 spiro atoms. The van der Waals surface area contributed by atoms with Crippen LogP contribution in [0.25, 0.3) is 0 Å². The second-order valence-electron chi connectivity index (χ2n) is 6.03. The lowest BCUT2D eigenvalue weighted by molar-refractivity contribution is 0.0764. The maximum Gasteiger partial charge on any atom is 0.0499 e. The van der Waals surface area contributed by atoms with Gasteiger partial charge < -0.3 is 5.73 Å². The first-order valence-corrected chi connectivity index (χ1v) is 8.28. The number of nitrogens with zero attached hydrogens (tertiary/aromatic N) is 1. The van der Waals surface area contributed by atoms with Gasteiger partial charge in [-0.25, -0.2) is 0 Å². The van der Waals surface area contributed by atoms with Crippen LogP contribution in [0.1, 0.15) is 57.6 Å². The molecule has 1 aliphatic heterocycles. The molecule has 3 heteroatoms. The summed E-state index contributed by atoms with van der Waals surface area (Å²) in [7, 11) is 0. The van der Waals surface area contributed by atoms with E-state index in [1.54, 1.807) is 0 Å². The fraction of sp³-hybridized carbons (Fsp3) is 0.647. The lowest BCUT2D eigenvalue weighted by atomic mass is 9.91. The monoisotopic (exact) mass is 294 g/mol. The zero-order valence-electron chi connectivity index (χ0n) is 12.7. The Morgan fingerprint density at radius 3 is 2.60 bits per heavy atom. The Hall–Kier alpha value is -0.570. The van der Waals surface area contributed by atoms with Crippen LogP contribution in [0.5, 0.6) is 0 Å². The van der Waals surface area contributed by atoms with Crippen LogP contribution in [-0.2, 0) is 0 Å². The minimum Gasteiger partial charge on any atom is -0.326 e. The van der Waals surface area contributed by atoms with Gasteiger partial charge in [-0.15, -0.1) is 0 Å². The quantitative estimate of drug-likeness (QED) is 0.873. The summed E-state index contributed by atoms with van der Waals surface area (Å²) >= 11 is 6.02. The molecule has 1 saturated heterocycles. The zero-order chi connectivity index (χ0) is 14.5. The summed E-state index contributed by atoms with van der Waals surface area (Å²) in [5, 5.41) is 0.793. The molecule has 3 atom stereocenters. The number of likely N-dealkylation sites (tertiary alicyclic amines) is 1. The molecule has 3 unspecified atom stereocenters. The Labute approximate surface area is 128 Å². The van der Waals surface area contributed by atoms with E-state index in [4.69, 9.17) is 17.3 Å². The van der Waals surface area contributed by atoms with E-state index < -0.39 is 0 Å². The van der Waals surface area contributed by atoms with E-state index >= 15 is 0 Å². The Bertz CT molecular complexity index is 400. The summed E-state index contributed by atoms with van der Waals surface area (Å²) in [5.41, 5.74) is 7.62. The number of halogens is 1. The lowest BCUT2D eigenvalue weighted by Crippen LogP contribution is -2.47. The highest BCUT2D eigenvalue weighted by molar-refractivity contribution is 6.30. The highest BCUT2D eigenvalue weighted by Crippen LogP contribution is 2.32. The van der Waals surface area contributed by atoms with Gasteiger partial charge in [0.05, 0.1) is 0 Å². The summed E-state index contributed by atoms with van der Waals surface area (Å²) in [5.74, 6) is 0. The maximum atomic E-state index is 6.32. The van der Waals surface area contributed by atoms with Gasteiger partial charge in [-0.3, -0.25) is 4.90 Å². The van der Waals surface area contributed by atoms with Crippen molar-refractivity contribution in [2.45, 2.75) is 64.1 Å². The van der Waals surface area contributed by atoms with Crippen molar-refractivity contribution >= 4 is 11.6 Å². The van der Waals surface area contributed by atoms with Gasteiger partial charge in [0, 0.05) is 23.1 Å². The predicted molar refractivity (Wildman–Crippen MR) is 87.1 cm³/mol. The molecule has 2 rings (SSSR count). The van der Waals surface area contributed by atoms with Crippen molar-refractivity contribution < 1.29 is 0 Å². The zero-order valence-corrected chi connectivity index (χ0v) is 13.4. The van der Waals surface area contributed by atoms with Gasteiger partial charge in [-0.05, 0) is 50.4 Å². The summed E-state index contributed by atoms with van der Waals surface area (Å²) in [6.07, 6.45) is 6.47. The third kappa shape index (κ3) is 3.75. The van der Waals surface area contributed by atoms with Crippen LogP contribution in [0.3, 0.4) is 0 Å². The highest BCUT2D eigenvalue weighted by atomic mass is 35.5. The molecule has 0 aliphatic carbocycles. The highest BCUT2D eigenvalue weighted by Gasteiger charge is 2.31. The van der Waals surface area contributed by atoms with Crippen molar-refractivity contribution in [1.82, 2.24) is 4.90 Å². The molecule has 1 aliphatic rings. The molecular weight excluding hydrogens is 268 g/mol. The van der Waals surface area contributed by atoms with Crippen LogP contribution in [0, 0.1) is 0 Å². The Balaban J connectivity index is 2.24. The van der Waals surface area contributed by atoms with E-state index in [2.05, 4.69) is 30.9 Å². The van der Waals surface area contributed by atoms with Crippen molar-refractivity contribution in [3.05, 3.63) is 34.9 Å². The van der Waals surface area contributed by atoms with Crippen LogP contribution in [0.2, 0.25) is 5.02 Å². The van der Waals surface area contributed by atoms with Gasteiger partial charge in [0.25, 0.3) is 0 Å². The fourth-order valence-electron chi connectivity index (χ4n) is 3.49. The molecule has 0 amide bonds. The minimum atomic E-state index is 0.133. The molecule has 0 bridgehead atoms. The second kappa shape index (κ2) is 7.44. The summed E-state index contributed by atoms with van der Waals surface area (Å²) in [4.78, 5) is 2.64. The molecular formula is C17H27ClN2. The Morgan fingerprint density at radius 1 is 1.30 bits per heavy atom. The van der Waals surface area contributed by atoms with Crippen LogP contribution in [0.15, 0.2) is 24.3 Å². The van der Waals surface area contributed by atoms with E-state index in [0.717, 1.165) is 5.02 Å². The average molecular weight is 295 g/mol. The predicted octanol–water partition coefficient (Wildman–Crippen LogP) is 4.38. The number of piperidine rings is 1. The molecule has 1 heterocycles. The van der Waals surface area contributed by atoms with E-state index in [-0.39, 0.29) is 6.04 Å². The van der Waals surface area contributed by atoms with Gasteiger partial charge in [0.2, 0.25) is 0 Å². The summed E-state index contributed by atoms with van der Waals surface area (Å²) < 4.78 is 0.